The fourth-order valence-corrected chi connectivity index (χ4v) is 4.93. The molecular weight excluding hydrogens is 563 g/mol. The van der Waals surface area contributed by atoms with E-state index in [9.17, 15) is 24.2 Å². The lowest BCUT2D eigenvalue weighted by atomic mass is 10.1. The van der Waals surface area contributed by atoms with Crippen LogP contribution in [0.1, 0.15) is 136 Å². The zero-order valence-corrected chi connectivity index (χ0v) is 27.1. The van der Waals surface area contributed by atoms with Crippen molar-refractivity contribution in [1.29, 1.82) is 0 Å². The van der Waals surface area contributed by atoms with E-state index in [1.807, 2.05) is 6.92 Å². The molecule has 0 saturated carbocycles. The highest BCUT2D eigenvalue weighted by atomic mass is 31.2. The third-order valence-corrected chi connectivity index (χ3v) is 7.59. The van der Waals surface area contributed by atoms with Gasteiger partial charge in [-0.2, -0.15) is 0 Å². The zero-order valence-electron chi connectivity index (χ0n) is 26.2. The second kappa shape index (κ2) is 28.5. The summed E-state index contributed by atoms with van der Waals surface area (Å²) in [5, 5.41) is 18.1. The number of esters is 2. The number of rotatable bonds is 30. The summed E-state index contributed by atoms with van der Waals surface area (Å²) in [5.74, 6) is -0.990. The Kier molecular flexibility index (Phi) is 27.6. The molecule has 0 heterocycles. The lowest BCUT2D eigenvalue weighted by Crippen LogP contribution is -2.29. The van der Waals surface area contributed by atoms with Gasteiger partial charge in [-0.15, -0.1) is 0 Å². The van der Waals surface area contributed by atoms with Gasteiger partial charge in [0.15, 0.2) is 6.10 Å². The van der Waals surface area contributed by atoms with Gasteiger partial charge < -0.3 is 24.6 Å². The molecule has 0 aromatic carbocycles. The first-order valence-electron chi connectivity index (χ1n) is 16.1. The van der Waals surface area contributed by atoms with Gasteiger partial charge in [0, 0.05) is 12.8 Å². The number of carbonyl (C=O) groups excluding carboxylic acids is 2. The van der Waals surface area contributed by atoms with Gasteiger partial charge in [0.25, 0.3) is 0 Å². The van der Waals surface area contributed by atoms with Gasteiger partial charge in [-0.25, -0.2) is 4.57 Å². The van der Waals surface area contributed by atoms with Gasteiger partial charge in [-0.05, 0) is 38.5 Å². The maximum absolute atomic E-state index is 12.3. The van der Waals surface area contributed by atoms with Crippen molar-refractivity contribution in [2.75, 3.05) is 26.4 Å². The summed E-state index contributed by atoms with van der Waals surface area (Å²) in [7, 11) is -4.58. The number of aliphatic hydroxyl groups is 2. The van der Waals surface area contributed by atoms with Crippen LogP contribution in [-0.4, -0.2) is 65.7 Å². The van der Waals surface area contributed by atoms with E-state index in [1.54, 1.807) is 0 Å². The molecule has 0 radical (unpaired) electrons. The van der Waals surface area contributed by atoms with Gasteiger partial charge in [0.2, 0.25) is 0 Å². The second-order valence-corrected chi connectivity index (χ2v) is 12.3. The number of aliphatic hydroxyl groups excluding tert-OH is 2. The molecule has 0 aromatic heterocycles. The van der Waals surface area contributed by atoms with Crippen molar-refractivity contribution in [2.45, 2.75) is 148 Å². The van der Waals surface area contributed by atoms with Crippen molar-refractivity contribution in [1.82, 2.24) is 0 Å². The minimum absolute atomic E-state index is 0.179. The van der Waals surface area contributed by atoms with Crippen LogP contribution < -0.4 is 0 Å². The molecule has 0 bridgehead atoms. The van der Waals surface area contributed by atoms with Gasteiger partial charge in [-0.3, -0.25) is 18.6 Å². The quantitative estimate of drug-likeness (QED) is 0.0333. The van der Waals surface area contributed by atoms with E-state index in [2.05, 4.69) is 23.6 Å². The number of allylic oxidation sites excluding steroid dienone is 2. The van der Waals surface area contributed by atoms with E-state index in [0.717, 1.165) is 25.7 Å². The molecule has 3 N–H and O–H groups in total. The first-order chi connectivity index (χ1) is 20.2. The fraction of sp³-hybridized carbons (Fsp3) is 0.871. The molecule has 10 nitrogen and oxygen atoms in total. The number of hydrogen-bond donors (Lipinski definition) is 3. The first-order valence-corrected chi connectivity index (χ1v) is 17.6. The predicted molar refractivity (Wildman–Crippen MR) is 164 cm³/mol. The molecule has 0 saturated heterocycles. The van der Waals surface area contributed by atoms with E-state index >= 15 is 0 Å². The van der Waals surface area contributed by atoms with Crippen LogP contribution in [0.15, 0.2) is 12.2 Å². The van der Waals surface area contributed by atoms with Crippen molar-refractivity contribution in [2.24, 2.45) is 0 Å². The van der Waals surface area contributed by atoms with Crippen LogP contribution in [0, 0.1) is 0 Å². The Hall–Kier alpha value is -1.29. The highest BCUT2D eigenvalue weighted by molar-refractivity contribution is 7.47. The summed E-state index contributed by atoms with van der Waals surface area (Å²) in [4.78, 5) is 33.8. The van der Waals surface area contributed by atoms with E-state index in [0.29, 0.717) is 12.8 Å². The largest absolute Gasteiger partial charge is 0.472 e. The van der Waals surface area contributed by atoms with Crippen LogP contribution in [0.3, 0.4) is 0 Å². The first kappa shape index (κ1) is 40.7. The third-order valence-electron chi connectivity index (χ3n) is 6.64. The SMILES string of the molecule is CCCCCCCCC/C=C\CCCCCCCCCC(=O)OC(COC(=O)CCC)COP(=O)(O)OCC(O)CO. The normalized spacial score (nSPS) is 14.5. The molecular formula is C31H59O10P. The predicted octanol–water partition coefficient (Wildman–Crippen LogP) is 6.94. The van der Waals surface area contributed by atoms with Gasteiger partial charge >= 0.3 is 19.8 Å². The Morgan fingerprint density at radius 1 is 0.690 bits per heavy atom. The number of hydrogen-bond acceptors (Lipinski definition) is 9. The Morgan fingerprint density at radius 2 is 1.21 bits per heavy atom. The summed E-state index contributed by atoms with van der Waals surface area (Å²) >= 11 is 0. The number of phosphoric acid groups is 1. The average Bonchev–Trinajstić information content (AvgIpc) is 2.96. The van der Waals surface area contributed by atoms with Crippen molar-refractivity contribution in [3.63, 3.8) is 0 Å². The van der Waals surface area contributed by atoms with Crippen LogP contribution in [0.2, 0.25) is 0 Å². The molecule has 0 rings (SSSR count). The fourth-order valence-electron chi connectivity index (χ4n) is 4.14. The monoisotopic (exact) mass is 622 g/mol. The van der Waals surface area contributed by atoms with Crippen molar-refractivity contribution < 1.29 is 47.8 Å². The number of phosphoric ester groups is 1. The van der Waals surface area contributed by atoms with E-state index < -0.39 is 51.8 Å². The molecule has 0 fully saturated rings. The zero-order chi connectivity index (χ0) is 31.3. The highest BCUT2D eigenvalue weighted by Gasteiger charge is 2.27. The molecule has 11 heteroatoms. The second-order valence-electron chi connectivity index (χ2n) is 10.8. The number of unbranched alkanes of at least 4 members (excludes halogenated alkanes) is 14. The van der Waals surface area contributed by atoms with Crippen molar-refractivity contribution >= 4 is 19.8 Å². The molecule has 0 aliphatic carbocycles. The smallest absolute Gasteiger partial charge is 0.462 e. The van der Waals surface area contributed by atoms with Crippen LogP contribution in [0.25, 0.3) is 0 Å². The highest BCUT2D eigenvalue weighted by Crippen LogP contribution is 2.43. The molecule has 0 aliphatic heterocycles. The topological polar surface area (TPSA) is 149 Å². The van der Waals surface area contributed by atoms with Gasteiger partial charge in [0.05, 0.1) is 19.8 Å². The lowest BCUT2D eigenvalue weighted by molar-refractivity contribution is -0.161. The summed E-state index contributed by atoms with van der Waals surface area (Å²) in [6.45, 7) is 1.95. The number of ether oxygens (including phenoxy) is 2. The molecule has 3 atom stereocenters. The summed E-state index contributed by atoms with van der Waals surface area (Å²) < 4.78 is 31.8. The molecule has 42 heavy (non-hydrogen) atoms. The minimum atomic E-state index is -4.58. The maximum atomic E-state index is 12.3. The van der Waals surface area contributed by atoms with Gasteiger partial charge in [-0.1, -0.05) is 96.6 Å². The van der Waals surface area contributed by atoms with E-state index in [4.69, 9.17) is 19.1 Å². The summed E-state index contributed by atoms with van der Waals surface area (Å²) in [6, 6.07) is 0. The Labute approximate surface area is 254 Å². The van der Waals surface area contributed by atoms with E-state index in [-0.39, 0.29) is 19.4 Å². The number of carbonyl (C=O) groups is 2. The van der Waals surface area contributed by atoms with E-state index in [1.165, 1.54) is 70.6 Å². The van der Waals surface area contributed by atoms with Crippen LogP contribution in [-0.2, 0) is 32.7 Å². The molecule has 3 unspecified atom stereocenters. The van der Waals surface area contributed by atoms with Gasteiger partial charge in [0.1, 0.15) is 12.7 Å². The summed E-state index contributed by atoms with van der Waals surface area (Å²) in [5.41, 5.74) is 0. The van der Waals surface area contributed by atoms with Crippen molar-refractivity contribution in [3.8, 4) is 0 Å². The molecule has 0 aromatic rings. The van der Waals surface area contributed by atoms with Crippen LogP contribution in [0.4, 0.5) is 0 Å². The van der Waals surface area contributed by atoms with Crippen molar-refractivity contribution in [3.05, 3.63) is 12.2 Å². The molecule has 0 spiro atoms. The van der Waals surface area contributed by atoms with Crippen LogP contribution >= 0.6 is 7.82 Å². The molecule has 0 amide bonds. The average molecular weight is 623 g/mol. The standard InChI is InChI=1S/C31H59O10P/c1-3-5-6-7-8-9-10-11-12-13-14-15-16-17-18-19-20-21-23-31(35)41-29(26-38-30(34)22-4-2)27-40-42(36,37)39-25-28(33)24-32/h12-13,28-29,32-33H,3-11,14-27H2,1-2H3,(H,36,37)/b13-12-. The lowest BCUT2D eigenvalue weighted by Gasteiger charge is -2.20. The maximum Gasteiger partial charge on any atom is 0.472 e. The Morgan fingerprint density at radius 3 is 1.76 bits per heavy atom. The summed E-state index contributed by atoms with van der Waals surface area (Å²) in [6.07, 6.45) is 22.3. The molecule has 0 aliphatic rings. The Bertz CT molecular complexity index is 731. The minimum Gasteiger partial charge on any atom is -0.462 e. The third kappa shape index (κ3) is 27.5. The Balaban J connectivity index is 4.05. The molecule has 248 valence electrons. The van der Waals surface area contributed by atoms with Crippen LogP contribution in [0.5, 0.6) is 0 Å².